The number of rotatable bonds is 7. The minimum absolute atomic E-state index is 0.110. The maximum atomic E-state index is 12.6. The summed E-state index contributed by atoms with van der Waals surface area (Å²) in [6, 6.07) is 8.63. The van der Waals surface area contributed by atoms with Crippen LogP contribution in [0.5, 0.6) is 0 Å². The summed E-state index contributed by atoms with van der Waals surface area (Å²) >= 11 is 12.6. The van der Waals surface area contributed by atoms with E-state index in [4.69, 9.17) is 23.2 Å². The van der Waals surface area contributed by atoms with E-state index >= 15 is 0 Å². The average molecular weight is 500 g/mol. The fourth-order valence-corrected chi connectivity index (χ4v) is 5.59. The first-order valence-corrected chi connectivity index (χ1v) is 12.5. The van der Waals surface area contributed by atoms with Crippen LogP contribution in [0.4, 0.5) is 5.82 Å². The highest BCUT2D eigenvalue weighted by Crippen LogP contribution is 2.35. The molecule has 1 fully saturated rings. The summed E-state index contributed by atoms with van der Waals surface area (Å²) in [4.78, 5) is 30.1. The van der Waals surface area contributed by atoms with E-state index in [1.54, 1.807) is 37.3 Å². The number of hydrogen-bond donors (Lipinski definition) is 2. The maximum absolute atomic E-state index is 12.6. The Bertz CT molecular complexity index is 1120. The molecule has 3 rings (SSSR count). The van der Waals surface area contributed by atoms with E-state index in [1.807, 2.05) is 4.90 Å². The number of carbonyl (C=O) groups is 2. The molecule has 2 heterocycles. The third-order valence-corrected chi connectivity index (χ3v) is 7.26. The van der Waals surface area contributed by atoms with Crippen molar-refractivity contribution in [2.24, 2.45) is 5.92 Å². The Morgan fingerprint density at radius 2 is 1.81 bits per heavy atom. The third-order valence-electron chi connectivity index (χ3n) is 5.36. The van der Waals surface area contributed by atoms with Crippen LogP contribution in [0, 0.1) is 5.92 Å². The van der Waals surface area contributed by atoms with Gasteiger partial charge in [-0.05, 0) is 30.4 Å². The lowest BCUT2D eigenvalue weighted by atomic mass is 9.96. The summed E-state index contributed by atoms with van der Waals surface area (Å²) in [6.45, 7) is 2.57. The number of pyridine rings is 1. The molecule has 1 aliphatic rings. The van der Waals surface area contributed by atoms with Crippen LogP contribution < -0.4 is 9.62 Å². The topological polar surface area (TPSA) is 117 Å². The molecule has 0 saturated carbocycles. The molecule has 172 valence electrons. The average Bonchev–Trinajstić information content (AvgIpc) is 2.74. The van der Waals surface area contributed by atoms with Gasteiger partial charge in [0.1, 0.15) is 16.5 Å². The number of nitrogens with one attached hydrogen (secondary N) is 1. The SMILES string of the molecule is CCc1c(Cl)c(N2CCC(C(=O)NS(=O)(=O)Cc3ccccc3)CC2)nc(Cl)c1C(=O)O. The molecule has 0 spiro atoms. The van der Waals surface area contributed by atoms with Crippen LogP contribution in [0.25, 0.3) is 0 Å². The fraction of sp³-hybridized carbons (Fsp3) is 0.381. The number of halogens is 2. The van der Waals surface area contributed by atoms with Crippen molar-refractivity contribution in [3.05, 3.63) is 57.2 Å². The van der Waals surface area contributed by atoms with Crippen molar-refractivity contribution >= 4 is 50.9 Å². The lowest BCUT2D eigenvalue weighted by molar-refractivity contribution is -0.123. The van der Waals surface area contributed by atoms with Gasteiger partial charge in [-0.1, -0.05) is 60.5 Å². The van der Waals surface area contributed by atoms with Gasteiger partial charge >= 0.3 is 5.97 Å². The van der Waals surface area contributed by atoms with E-state index in [2.05, 4.69) is 9.71 Å². The molecular formula is C21H23Cl2N3O5S. The first-order valence-electron chi connectivity index (χ1n) is 10.1. The Morgan fingerprint density at radius 1 is 1.19 bits per heavy atom. The standard InChI is InChI=1S/C21H23Cl2N3O5S/c1-2-15-16(21(28)29)18(23)24-19(17(15)22)26-10-8-14(9-11-26)20(27)25-32(30,31)12-13-6-4-3-5-7-13/h3-7,14H,2,8-12H2,1H3,(H,25,27)(H,28,29). The highest BCUT2D eigenvalue weighted by molar-refractivity contribution is 7.89. The molecule has 0 bridgehead atoms. The molecule has 32 heavy (non-hydrogen) atoms. The van der Waals surface area contributed by atoms with Crippen LogP contribution in [0.1, 0.15) is 41.3 Å². The van der Waals surface area contributed by atoms with E-state index < -0.39 is 27.8 Å². The van der Waals surface area contributed by atoms with E-state index in [0.717, 1.165) is 0 Å². The summed E-state index contributed by atoms with van der Waals surface area (Å²) in [6.07, 6.45) is 1.16. The monoisotopic (exact) mass is 499 g/mol. The Kier molecular flexibility index (Phi) is 7.63. The number of sulfonamides is 1. The lowest BCUT2D eigenvalue weighted by Gasteiger charge is -2.33. The first-order chi connectivity index (χ1) is 15.1. The highest BCUT2D eigenvalue weighted by Gasteiger charge is 2.31. The molecule has 0 unspecified atom stereocenters. The van der Waals surface area contributed by atoms with Crippen molar-refractivity contribution in [1.29, 1.82) is 0 Å². The largest absolute Gasteiger partial charge is 0.478 e. The summed E-state index contributed by atoms with van der Waals surface area (Å²) in [5, 5.41) is 9.48. The smallest absolute Gasteiger partial charge is 0.339 e. The van der Waals surface area contributed by atoms with Gasteiger partial charge in [0.25, 0.3) is 0 Å². The number of amides is 1. The number of carboxylic acid groups (broad SMARTS) is 1. The molecule has 1 saturated heterocycles. The highest BCUT2D eigenvalue weighted by atomic mass is 35.5. The lowest BCUT2D eigenvalue weighted by Crippen LogP contribution is -2.43. The van der Waals surface area contributed by atoms with Crippen molar-refractivity contribution in [2.45, 2.75) is 31.9 Å². The number of hydrogen-bond acceptors (Lipinski definition) is 6. The van der Waals surface area contributed by atoms with Gasteiger partial charge in [0.05, 0.1) is 10.8 Å². The van der Waals surface area contributed by atoms with Crippen molar-refractivity contribution in [3.8, 4) is 0 Å². The maximum Gasteiger partial charge on any atom is 0.339 e. The predicted molar refractivity (Wildman–Crippen MR) is 123 cm³/mol. The quantitative estimate of drug-likeness (QED) is 0.559. The Morgan fingerprint density at radius 3 is 2.38 bits per heavy atom. The van der Waals surface area contributed by atoms with Gasteiger partial charge in [-0.25, -0.2) is 18.2 Å². The summed E-state index contributed by atoms with van der Waals surface area (Å²) < 4.78 is 26.9. The zero-order valence-electron chi connectivity index (χ0n) is 17.3. The van der Waals surface area contributed by atoms with Gasteiger partial charge in [-0.3, -0.25) is 9.52 Å². The molecule has 2 N–H and O–H groups in total. The number of aromatic nitrogens is 1. The first kappa shape index (κ1) is 24.3. The number of carboxylic acids is 1. The number of piperidine rings is 1. The molecule has 1 aromatic heterocycles. The van der Waals surface area contributed by atoms with Crippen LogP contribution in [0.15, 0.2) is 30.3 Å². The molecule has 0 atom stereocenters. The molecule has 0 radical (unpaired) electrons. The molecule has 0 aliphatic carbocycles. The Hall–Kier alpha value is -2.36. The predicted octanol–water partition coefficient (Wildman–Crippen LogP) is 3.51. The number of benzene rings is 1. The fourth-order valence-electron chi connectivity index (χ4n) is 3.75. The number of nitrogens with zero attached hydrogens (tertiary/aromatic N) is 2. The van der Waals surface area contributed by atoms with Gasteiger partial charge < -0.3 is 10.0 Å². The third kappa shape index (κ3) is 5.51. The second kappa shape index (κ2) is 10.1. The number of carbonyl (C=O) groups excluding carboxylic acids is 1. The summed E-state index contributed by atoms with van der Waals surface area (Å²) in [7, 11) is -3.80. The van der Waals surface area contributed by atoms with Crippen molar-refractivity contribution < 1.29 is 23.1 Å². The van der Waals surface area contributed by atoms with Gasteiger partial charge in [-0.2, -0.15) is 0 Å². The van der Waals surface area contributed by atoms with Gasteiger partial charge in [-0.15, -0.1) is 0 Å². The van der Waals surface area contributed by atoms with E-state index in [9.17, 15) is 23.1 Å². The molecule has 11 heteroatoms. The Balaban J connectivity index is 1.67. The molecule has 1 aliphatic heterocycles. The van der Waals surface area contributed by atoms with Gasteiger partial charge in [0.15, 0.2) is 0 Å². The Labute approximate surface area is 196 Å². The van der Waals surface area contributed by atoms with E-state index in [0.29, 0.717) is 49.3 Å². The molecule has 1 aromatic carbocycles. The second-order valence-electron chi connectivity index (χ2n) is 7.52. The van der Waals surface area contributed by atoms with Crippen LogP contribution in [0.2, 0.25) is 10.2 Å². The number of aromatic carboxylic acids is 1. The second-order valence-corrected chi connectivity index (χ2v) is 9.98. The molecule has 1 amide bonds. The van der Waals surface area contributed by atoms with Crippen molar-refractivity contribution in [1.82, 2.24) is 9.71 Å². The van der Waals surface area contributed by atoms with Crippen molar-refractivity contribution in [2.75, 3.05) is 18.0 Å². The minimum Gasteiger partial charge on any atom is -0.478 e. The van der Waals surface area contributed by atoms with Crippen LogP contribution in [-0.2, 0) is 27.0 Å². The molecule has 2 aromatic rings. The van der Waals surface area contributed by atoms with Gasteiger partial charge in [0, 0.05) is 19.0 Å². The summed E-state index contributed by atoms with van der Waals surface area (Å²) in [5.74, 6) is -2.11. The van der Waals surface area contributed by atoms with Crippen molar-refractivity contribution in [3.63, 3.8) is 0 Å². The normalized spacial score (nSPS) is 14.9. The minimum atomic E-state index is -3.80. The van der Waals surface area contributed by atoms with E-state index in [1.165, 1.54) is 0 Å². The van der Waals surface area contributed by atoms with Gasteiger partial charge in [0.2, 0.25) is 15.9 Å². The van der Waals surface area contributed by atoms with Crippen LogP contribution >= 0.6 is 23.2 Å². The molecule has 8 nitrogen and oxygen atoms in total. The summed E-state index contributed by atoms with van der Waals surface area (Å²) in [5.41, 5.74) is 0.888. The van der Waals surface area contributed by atoms with E-state index in [-0.39, 0.29) is 21.5 Å². The number of anilines is 1. The zero-order valence-corrected chi connectivity index (χ0v) is 19.7. The zero-order chi connectivity index (χ0) is 23.5. The molecular weight excluding hydrogens is 477 g/mol. The van der Waals surface area contributed by atoms with Crippen LogP contribution in [-0.4, -0.2) is 43.5 Å². The van der Waals surface area contributed by atoms with Crippen LogP contribution in [0.3, 0.4) is 0 Å².